The van der Waals surface area contributed by atoms with Crippen LogP contribution in [0.25, 0.3) is 0 Å². The van der Waals surface area contributed by atoms with E-state index in [-0.39, 0.29) is 5.91 Å². The lowest BCUT2D eigenvalue weighted by atomic mass is 9.97. The molecule has 0 aromatic carbocycles. The Hall–Kier alpha value is -0.940. The molecule has 0 aliphatic heterocycles. The lowest BCUT2D eigenvalue weighted by molar-refractivity contribution is -0.121. The summed E-state index contributed by atoms with van der Waals surface area (Å²) in [6.07, 6.45) is 13.4. The Kier molecular flexibility index (Phi) is 6.46. The normalized spacial score (nSPS) is 19.1. The zero-order valence-electron chi connectivity index (χ0n) is 14.0. The summed E-state index contributed by atoms with van der Waals surface area (Å²) in [5.74, 6) is 0.150. The van der Waals surface area contributed by atoms with Gasteiger partial charge < -0.3 is 10.6 Å². The van der Waals surface area contributed by atoms with Gasteiger partial charge in [-0.05, 0) is 32.1 Å². The second kappa shape index (κ2) is 8.78. The SMILES string of the molecule is O=C(CNCCc1nc2c(s1)CCC2)NC1CCCCCCC1. The third-order valence-corrected chi connectivity index (χ3v) is 6.13. The van der Waals surface area contributed by atoms with E-state index in [4.69, 9.17) is 4.98 Å². The predicted molar refractivity (Wildman–Crippen MR) is 95.0 cm³/mol. The molecule has 1 aromatic heterocycles. The molecule has 0 bridgehead atoms. The largest absolute Gasteiger partial charge is 0.352 e. The molecule has 2 aliphatic carbocycles. The highest BCUT2D eigenvalue weighted by molar-refractivity contribution is 7.11. The van der Waals surface area contributed by atoms with Crippen molar-refractivity contribution in [3.05, 3.63) is 15.6 Å². The molecule has 4 nitrogen and oxygen atoms in total. The molecule has 0 spiro atoms. The van der Waals surface area contributed by atoms with Gasteiger partial charge in [0.25, 0.3) is 0 Å². The quantitative estimate of drug-likeness (QED) is 0.786. The summed E-state index contributed by atoms with van der Waals surface area (Å²) >= 11 is 1.86. The Morgan fingerprint density at radius 2 is 1.87 bits per heavy atom. The topological polar surface area (TPSA) is 54.0 Å². The fraction of sp³-hybridized carbons (Fsp3) is 0.778. The number of carbonyl (C=O) groups excluding carboxylic acids is 1. The van der Waals surface area contributed by atoms with Crippen LogP contribution in [0.1, 0.15) is 66.9 Å². The zero-order valence-corrected chi connectivity index (χ0v) is 14.8. The lowest BCUT2D eigenvalue weighted by Gasteiger charge is -2.21. The molecule has 1 aromatic rings. The van der Waals surface area contributed by atoms with E-state index in [1.165, 1.54) is 60.5 Å². The van der Waals surface area contributed by atoms with E-state index < -0.39 is 0 Å². The minimum absolute atomic E-state index is 0.150. The fourth-order valence-corrected chi connectivity index (χ4v) is 4.78. The molecule has 2 N–H and O–H groups in total. The van der Waals surface area contributed by atoms with Crippen LogP contribution in [-0.2, 0) is 24.1 Å². The first-order valence-corrected chi connectivity index (χ1v) is 10.1. The molecule has 1 saturated carbocycles. The third-order valence-electron chi connectivity index (χ3n) is 4.91. The molecular formula is C18H29N3OS. The van der Waals surface area contributed by atoms with E-state index in [1.54, 1.807) is 0 Å². The van der Waals surface area contributed by atoms with Crippen molar-refractivity contribution in [3.63, 3.8) is 0 Å². The molecule has 0 atom stereocenters. The minimum Gasteiger partial charge on any atom is -0.352 e. The van der Waals surface area contributed by atoms with Crippen molar-refractivity contribution in [1.29, 1.82) is 0 Å². The van der Waals surface area contributed by atoms with Gasteiger partial charge in [-0.3, -0.25) is 4.79 Å². The van der Waals surface area contributed by atoms with Crippen LogP contribution in [0.15, 0.2) is 0 Å². The highest BCUT2D eigenvalue weighted by Crippen LogP contribution is 2.27. The Morgan fingerprint density at radius 1 is 1.09 bits per heavy atom. The van der Waals surface area contributed by atoms with Gasteiger partial charge in [-0.1, -0.05) is 32.1 Å². The smallest absolute Gasteiger partial charge is 0.234 e. The third kappa shape index (κ3) is 5.28. The van der Waals surface area contributed by atoms with Gasteiger partial charge in [-0.2, -0.15) is 0 Å². The van der Waals surface area contributed by atoms with Crippen LogP contribution in [-0.4, -0.2) is 30.0 Å². The second-order valence-corrected chi connectivity index (χ2v) is 8.04. The van der Waals surface area contributed by atoms with Gasteiger partial charge in [0.05, 0.1) is 17.2 Å². The number of hydrogen-bond acceptors (Lipinski definition) is 4. The molecule has 1 fully saturated rings. The van der Waals surface area contributed by atoms with E-state index in [0.717, 1.165) is 32.2 Å². The predicted octanol–water partition coefficient (Wildman–Crippen LogP) is 2.99. The molecule has 1 amide bonds. The molecule has 0 unspecified atom stereocenters. The number of nitrogens with zero attached hydrogens (tertiary/aromatic N) is 1. The first-order valence-electron chi connectivity index (χ1n) is 9.29. The molecule has 1 heterocycles. The van der Waals surface area contributed by atoms with Crippen LogP contribution in [0.4, 0.5) is 0 Å². The van der Waals surface area contributed by atoms with Crippen molar-refractivity contribution in [2.24, 2.45) is 0 Å². The first-order chi connectivity index (χ1) is 11.3. The summed E-state index contributed by atoms with van der Waals surface area (Å²) in [7, 11) is 0. The highest BCUT2D eigenvalue weighted by atomic mass is 32.1. The maximum absolute atomic E-state index is 12.0. The Labute approximate surface area is 143 Å². The van der Waals surface area contributed by atoms with E-state index in [1.807, 2.05) is 11.3 Å². The molecule has 2 aliphatic rings. The molecule has 5 heteroatoms. The number of rotatable bonds is 6. The zero-order chi connectivity index (χ0) is 15.9. The number of aryl methyl sites for hydroxylation is 2. The van der Waals surface area contributed by atoms with Crippen LogP contribution >= 0.6 is 11.3 Å². The van der Waals surface area contributed by atoms with Crippen molar-refractivity contribution in [2.75, 3.05) is 13.1 Å². The standard InChI is InChI=1S/C18H29N3OS/c22-17(20-14-7-4-2-1-3-5-8-14)13-19-12-11-18-21-15-9-6-10-16(15)23-18/h14,19H,1-13H2,(H,20,22). The fourth-order valence-electron chi connectivity index (χ4n) is 3.63. The van der Waals surface area contributed by atoms with Crippen molar-refractivity contribution in [3.8, 4) is 0 Å². The van der Waals surface area contributed by atoms with Crippen molar-refractivity contribution >= 4 is 17.2 Å². The molecule has 0 radical (unpaired) electrons. The summed E-state index contributed by atoms with van der Waals surface area (Å²) in [5, 5.41) is 7.70. The van der Waals surface area contributed by atoms with Crippen molar-refractivity contribution in [1.82, 2.24) is 15.6 Å². The molecule has 3 rings (SSSR count). The Bertz CT molecular complexity index is 485. The summed E-state index contributed by atoms with van der Waals surface area (Å²) in [4.78, 5) is 18.2. The van der Waals surface area contributed by atoms with Crippen LogP contribution in [0.3, 0.4) is 0 Å². The molecule has 128 valence electrons. The highest BCUT2D eigenvalue weighted by Gasteiger charge is 2.16. The lowest BCUT2D eigenvalue weighted by Crippen LogP contribution is -2.41. The van der Waals surface area contributed by atoms with Gasteiger partial charge in [0.1, 0.15) is 0 Å². The van der Waals surface area contributed by atoms with E-state index in [2.05, 4.69) is 10.6 Å². The monoisotopic (exact) mass is 335 g/mol. The maximum Gasteiger partial charge on any atom is 0.234 e. The van der Waals surface area contributed by atoms with Crippen LogP contribution in [0.5, 0.6) is 0 Å². The number of thiazole rings is 1. The number of fused-ring (bicyclic) bond motifs is 1. The van der Waals surface area contributed by atoms with Gasteiger partial charge in [0, 0.05) is 23.9 Å². The van der Waals surface area contributed by atoms with Crippen molar-refractivity contribution in [2.45, 2.75) is 76.7 Å². The van der Waals surface area contributed by atoms with Crippen LogP contribution in [0, 0.1) is 0 Å². The van der Waals surface area contributed by atoms with Crippen LogP contribution in [0.2, 0.25) is 0 Å². The summed E-state index contributed by atoms with van der Waals surface area (Å²) in [6.45, 7) is 1.27. The maximum atomic E-state index is 12.0. The Balaban J connectivity index is 1.30. The number of aromatic nitrogens is 1. The second-order valence-electron chi connectivity index (χ2n) is 6.87. The first kappa shape index (κ1) is 16.9. The Morgan fingerprint density at radius 3 is 2.65 bits per heavy atom. The van der Waals surface area contributed by atoms with Gasteiger partial charge in [0.15, 0.2) is 0 Å². The molecule has 0 saturated heterocycles. The van der Waals surface area contributed by atoms with E-state index in [0.29, 0.717) is 12.6 Å². The van der Waals surface area contributed by atoms with Gasteiger partial charge >= 0.3 is 0 Å². The van der Waals surface area contributed by atoms with Gasteiger partial charge in [-0.25, -0.2) is 4.98 Å². The number of carbonyl (C=O) groups is 1. The average Bonchev–Trinajstić information content (AvgIpc) is 3.07. The average molecular weight is 336 g/mol. The molecular weight excluding hydrogens is 306 g/mol. The summed E-state index contributed by atoms with van der Waals surface area (Å²) < 4.78 is 0. The van der Waals surface area contributed by atoms with Gasteiger partial charge in [0.2, 0.25) is 5.91 Å². The van der Waals surface area contributed by atoms with Crippen molar-refractivity contribution < 1.29 is 4.79 Å². The number of hydrogen-bond donors (Lipinski definition) is 2. The summed E-state index contributed by atoms with van der Waals surface area (Å²) in [5.41, 5.74) is 1.33. The van der Waals surface area contributed by atoms with E-state index in [9.17, 15) is 4.79 Å². The van der Waals surface area contributed by atoms with Crippen LogP contribution < -0.4 is 10.6 Å². The van der Waals surface area contributed by atoms with Gasteiger partial charge in [-0.15, -0.1) is 11.3 Å². The van der Waals surface area contributed by atoms with E-state index >= 15 is 0 Å². The summed E-state index contributed by atoms with van der Waals surface area (Å²) in [6, 6.07) is 0.395. The number of amides is 1. The number of nitrogens with one attached hydrogen (secondary N) is 2. The molecule has 23 heavy (non-hydrogen) atoms. The minimum atomic E-state index is 0.150.